The quantitative estimate of drug-likeness (QED) is 0.717. The van der Waals surface area contributed by atoms with E-state index in [4.69, 9.17) is 4.74 Å². The smallest absolute Gasteiger partial charge is 0.337 e. The highest BCUT2D eigenvalue weighted by Gasteiger charge is 2.23. The number of aryl methyl sites for hydroxylation is 1. The Hall–Kier alpha value is -3.15. The molecule has 0 aliphatic rings. The van der Waals surface area contributed by atoms with Crippen LogP contribution in [0.1, 0.15) is 46.5 Å². The molecule has 1 unspecified atom stereocenters. The van der Waals surface area contributed by atoms with Crippen LogP contribution in [-0.4, -0.2) is 30.9 Å². The van der Waals surface area contributed by atoms with Crippen LogP contribution >= 0.6 is 0 Å². The number of hydrogen-bond acceptors (Lipinski definition) is 4. The fourth-order valence-corrected chi connectivity index (χ4v) is 2.84. The van der Waals surface area contributed by atoms with E-state index in [1.807, 2.05) is 32.9 Å². The number of nitrogens with one attached hydrogen (secondary N) is 2. The van der Waals surface area contributed by atoms with Gasteiger partial charge in [-0.05, 0) is 49.1 Å². The van der Waals surface area contributed by atoms with Crippen molar-refractivity contribution in [2.24, 2.45) is 5.92 Å². The topological polar surface area (TPSA) is 84.5 Å². The number of carbonyl (C=O) groups excluding carboxylic acids is 3. The standard InChI is InChI=1S/C22H26N2O4/c1-14(2)12-19(24-20(25)18-11-6-5-8-15(18)3)21(26)23-17-10-7-9-16(13-17)22(27)28-4/h5-11,13-14,19H,12H2,1-4H3,(H,23,26)(H,24,25). The van der Waals surface area contributed by atoms with Crippen LogP contribution in [0.5, 0.6) is 0 Å². The summed E-state index contributed by atoms with van der Waals surface area (Å²) in [5.41, 5.74) is 2.18. The highest BCUT2D eigenvalue weighted by atomic mass is 16.5. The van der Waals surface area contributed by atoms with Gasteiger partial charge in [-0.15, -0.1) is 0 Å². The van der Waals surface area contributed by atoms with Crippen LogP contribution in [0.2, 0.25) is 0 Å². The molecule has 0 aliphatic carbocycles. The minimum absolute atomic E-state index is 0.203. The number of carbonyl (C=O) groups is 3. The maximum Gasteiger partial charge on any atom is 0.337 e. The van der Waals surface area contributed by atoms with Crippen molar-refractivity contribution in [1.82, 2.24) is 5.32 Å². The van der Waals surface area contributed by atoms with Gasteiger partial charge in [0.1, 0.15) is 6.04 Å². The third-order valence-corrected chi connectivity index (χ3v) is 4.27. The molecule has 28 heavy (non-hydrogen) atoms. The van der Waals surface area contributed by atoms with E-state index < -0.39 is 12.0 Å². The van der Waals surface area contributed by atoms with Crippen molar-refractivity contribution in [2.75, 3.05) is 12.4 Å². The second kappa shape index (κ2) is 9.69. The molecule has 0 fully saturated rings. The van der Waals surface area contributed by atoms with Crippen LogP contribution in [0.15, 0.2) is 48.5 Å². The van der Waals surface area contributed by atoms with Gasteiger partial charge in [0.15, 0.2) is 0 Å². The number of rotatable bonds is 7. The molecule has 0 spiro atoms. The van der Waals surface area contributed by atoms with E-state index >= 15 is 0 Å². The molecule has 2 aromatic rings. The molecule has 2 amide bonds. The first-order chi connectivity index (χ1) is 13.3. The van der Waals surface area contributed by atoms with Crippen LogP contribution in [-0.2, 0) is 9.53 Å². The molecule has 0 saturated heterocycles. The average molecular weight is 382 g/mol. The molecule has 1 atom stereocenters. The van der Waals surface area contributed by atoms with Crippen molar-refractivity contribution >= 4 is 23.5 Å². The van der Waals surface area contributed by atoms with Crippen molar-refractivity contribution in [2.45, 2.75) is 33.2 Å². The van der Waals surface area contributed by atoms with E-state index in [1.54, 1.807) is 36.4 Å². The maximum atomic E-state index is 12.8. The van der Waals surface area contributed by atoms with Crippen molar-refractivity contribution in [3.05, 3.63) is 65.2 Å². The minimum Gasteiger partial charge on any atom is -0.465 e. The van der Waals surface area contributed by atoms with Crippen LogP contribution in [0.25, 0.3) is 0 Å². The van der Waals surface area contributed by atoms with Gasteiger partial charge in [0, 0.05) is 11.3 Å². The molecule has 0 bridgehead atoms. The van der Waals surface area contributed by atoms with E-state index in [-0.39, 0.29) is 17.7 Å². The summed E-state index contributed by atoms with van der Waals surface area (Å²) in [5.74, 6) is -0.906. The Labute approximate surface area is 165 Å². The number of anilines is 1. The van der Waals surface area contributed by atoms with E-state index in [1.165, 1.54) is 7.11 Å². The zero-order valence-corrected chi connectivity index (χ0v) is 16.6. The van der Waals surface area contributed by atoms with Gasteiger partial charge in [-0.1, -0.05) is 38.1 Å². The summed E-state index contributed by atoms with van der Waals surface area (Å²) in [4.78, 5) is 37.1. The molecule has 0 saturated carbocycles. The fraction of sp³-hybridized carbons (Fsp3) is 0.318. The lowest BCUT2D eigenvalue weighted by Crippen LogP contribution is -2.44. The largest absolute Gasteiger partial charge is 0.465 e. The van der Waals surface area contributed by atoms with Crippen LogP contribution in [0, 0.1) is 12.8 Å². The van der Waals surface area contributed by atoms with Gasteiger partial charge in [0.25, 0.3) is 5.91 Å². The van der Waals surface area contributed by atoms with E-state index in [0.29, 0.717) is 23.2 Å². The maximum absolute atomic E-state index is 12.8. The monoisotopic (exact) mass is 382 g/mol. The van der Waals surface area contributed by atoms with Crippen LogP contribution in [0.4, 0.5) is 5.69 Å². The van der Waals surface area contributed by atoms with Gasteiger partial charge in [-0.2, -0.15) is 0 Å². The van der Waals surface area contributed by atoms with E-state index in [0.717, 1.165) is 5.56 Å². The lowest BCUT2D eigenvalue weighted by atomic mass is 10.0. The Kier molecular flexibility index (Phi) is 7.32. The first-order valence-corrected chi connectivity index (χ1v) is 9.17. The first-order valence-electron chi connectivity index (χ1n) is 9.17. The van der Waals surface area contributed by atoms with Gasteiger partial charge in [0.2, 0.25) is 5.91 Å². The summed E-state index contributed by atoms with van der Waals surface area (Å²) < 4.78 is 4.70. The highest BCUT2D eigenvalue weighted by molar-refractivity contribution is 6.02. The zero-order valence-electron chi connectivity index (χ0n) is 16.6. The Balaban J connectivity index is 2.16. The Morgan fingerprint density at radius 2 is 1.75 bits per heavy atom. The minimum atomic E-state index is -0.700. The number of methoxy groups -OCH3 is 1. The Morgan fingerprint density at radius 1 is 1.04 bits per heavy atom. The summed E-state index contributed by atoms with van der Waals surface area (Å²) in [6.07, 6.45) is 0.486. The molecule has 0 heterocycles. The second-order valence-corrected chi connectivity index (χ2v) is 7.03. The normalized spacial score (nSPS) is 11.6. The first kappa shape index (κ1) is 21.2. The van der Waals surface area contributed by atoms with Crippen molar-refractivity contribution in [3.63, 3.8) is 0 Å². The number of hydrogen-bond donors (Lipinski definition) is 2. The Bertz CT molecular complexity index is 861. The third-order valence-electron chi connectivity index (χ3n) is 4.27. The predicted molar refractivity (Wildman–Crippen MR) is 108 cm³/mol. The summed E-state index contributed by atoms with van der Waals surface area (Å²) >= 11 is 0. The van der Waals surface area contributed by atoms with Crippen molar-refractivity contribution in [3.8, 4) is 0 Å². The van der Waals surface area contributed by atoms with Crippen LogP contribution in [0.3, 0.4) is 0 Å². The number of benzene rings is 2. The molecule has 2 rings (SSSR count). The number of esters is 1. The molecule has 6 nitrogen and oxygen atoms in total. The van der Waals surface area contributed by atoms with Crippen molar-refractivity contribution in [1.29, 1.82) is 0 Å². The average Bonchev–Trinajstić information content (AvgIpc) is 2.66. The van der Waals surface area contributed by atoms with E-state index in [2.05, 4.69) is 10.6 Å². The van der Waals surface area contributed by atoms with Crippen LogP contribution < -0.4 is 10.6 Å². The molecule has 0 aliphatic heterocycles. The molecule has 0 radical (unpaired) electrons. The lowest BCUT2D eigenvalue weighted by molar-refractivity contribution is -0.118. The number of amides is 2. The van der Waals surface area contributed by atoms with Gasteiger partial charge in [-0.25, -0.2) is 4.79 Å². The summed E-state index contributed by atoms with van der Waals surface area (Å²) in [7, 11) is 1.30. The third kappa shape index (κ3) is 5.67. The molecule has 2 N–H and O–H groups in total. The SMILES string of the molecule is COC(=O)c1cccc(NC(=O)C(CC(C)C)NC(=O)c2ccccc2C)c1. The molecule has 0 aromatic heterocycles. The van der Waals surface area contributed by atoms with Gasteiger partial charge in [0.05, 0.1) is 12.7 Å². The zero-order chi connectivity index (χ0) is 20.7. The summed E-state index contributed by atoms with van der Waals surface area (Å²) in [6, 6.07) is 13.0. The van der Waals surface area contributed by atoms with Gasteiger partial charge >= 0.3 is 5.97 Å². The molecule has 148 valence electrons. The van der Waals surface area contributed by atoms with Gasteiger partial charge in [-0.3, -0.25) is 9.59 Å². The number of ether oxygens (including phenoxy) is 1. The van der Waals surface area contributed by atoms with Gasteiger partial charge < -0.3 is 15.4 Å². The summed E-state index contributed by atoms with van der Waals surface area (Å²) in [5, 5.41) is 5.61. The fourth-order valence-electron chi connectivity index (χ4n) is 2.84. The Morgan fingerprint density at radius 3 is 2.39 bits per heavy atom. The lowest BCUT2D eigenvalue weighted by Gasteiger charge is -2.21. The second-order valence-electron chi connectivity index (χ2n) is 7.03. The highest BCUT2D eigenvalue weighted by Crippen LogP contribution is 2.15. The summed E-state index contributed by atoms with van der Waals surface area (Å²) in [6.45, 7) is 5.82. The van der Waals surface area contributed by atoms with E-state index in [9.17, 15) is 14.4 Å². The molecule has 6 heteroatoms. The predicted octanol–water partition coefficient (Wildman–Crippen LogP) is 3.56. The molecular weight excluding hydrogens is 356 g/mol. The molecule has 2 aromatic carbocycles. The van der Waals surface area contributed by atoms with Crippen molar-refractivity contribution < 1.29 is 19.1 Å². The molecular formula is C22H26N2O4.